The lowest BCUT2D eigenvalue weighted by molar-refractivity contribution is 0.0679. The third-order valence-corrected chi connectivity index (χ3v) is 4.19. The van der Waals surface area contributed by atoms with E-state index in [4.69, 9.17) is 9.47 Å². The molecule has 1 aliphatic rings. The van der Waals surface area contributed by atoms with Crippen molar-refractivity contribution >= 4 is 5.82 Å². The van der Waals surface area contributed by atoms with E-state index in [9.17, 15) is 0 Å². The summed E-state index contributed by atoms with van der Waals surface area (Å²) in [4.78, 5) is 8.74. The molecule has 2 aromatic heterocycles. The molecule has 4 rings (SSSR count). The molecule has 1 atom stereocenters. The molecule has 0 radical (unpaired) electrons. The number of nitrogens with one attached hydrogen (secondary N) is 1. The van der Waals surface area contributed by atoms with Gasteiger partial charge in [-0.25, -0.2) is 9.67 Å². The molecule has 1 N–H and O–H groups in total. The van der Waals surface area contributed by atoms with Gasteiger partial charge in [0.2, 0.25) is 0 Å². The Bertz CT molecular complexity index is 831. The highest BCUT2D eigenvalue weighted by atomic mass is 16.5. The largest absolute Gasteiger partial charge is 0.491 e. The Labute approximate surface area is 152 Å². The summed E-state index contributed by atoms with van der Waals surface area (Å²) in [5.74, 6) is 2.23. The van der Waals surface area contributed by atoms with Crippen LogP contribution in [0.5, 0.6) is 5.75 Å². The molecule has 7 heteroatoms. The Morgan fingerprint density at radius 3 is 3.12 bits per heavy atom. The van der Waals surface area contributed by atoms with Crippen LogP contribution in [-0.2, 0) is 11.3 Å². The van der Waals surface area contributed by atoms with Gasteiger partial charge in [-0.05, 0) is 36.6 Å². The van der Waals surface area contributed by atoms with Crippen molar-refractivity contribution in [3.8, 4) is 11.6 Å². The van der Waals surface area contributed by atoms with Crippen molar-refractivity contribution in [2.24, 2.45) is 0 Å². The Hall–Kier alpha value is -2.93. The molecule has 0 saturated carbocycles. The number of hydrogen-bond donors (Lipinski definition) is 1. The van der Waals surface area contributed by atoms with Crippen LogP contribution >= 0.6 is 0 Å². The molecule has 7 nitrogen and oxygen atoms in total. The van der Waals surface area contributed by atoms with E-state index in [1.165, 1.54) is 0 Å². The molecule has 0 aliphatic carbocycles. The first-order valence-electron chi connectivity index (χ1n) is 8.76. The number of rotatable bonds is 7. The minimum Gasteiger partial charge on any atom is -0.491 e. The summed E-state index contributed by atoms with van der Waals surface area (Å²) >= 11 is 0. The van der Waals surface area contributed by atoms with Gasteiger partial charge in [-0.15, -0.1) is 0 Å². The lowest BCUT2D eigenvalue weighted by Crippen LogP contribution is -2.16. The summed E-state index contributed by atoms with van der Waals surface area (Å²) in [5.41, 5.74) is 1.11. The Morgan fingerprint density at radius 1 is 1.27 bits per heavy atom. The van der Waals surface area contributed by atoms with Crippen LogP contribution in [0, 0.1) is 0 Å². The van der Waals surface area contributed by atoms with E-state index in [1.54, 1.807) is 23.3 Å². The summed E-state index contributed by atoms with van der Waals surface area (Å²) in [6.45, 7) is 2.08. The lowest BCUT2D eigenvalue weighted by atomic mass is 10.2. The van der Waals surface area contributed by atoms with Gasteiger partial charge in [0.05, 0.1) is 18.5 Å². The van der Waals surface area contributed by atoms with E-state index < -0.39 is 0 Å². The van der Waals surface area contributed by atoms with Crippen molar-refractivity contribution in [3.63, 3.8) is 0 Å². The second-order valence-corrected chi connectivity index (χ2v) is 6.16. The number of aromatic nitrogens is 4. The molecule has 1 unspecified atom stereocenters. The zero-order valence-corrected chi connectivity index (χ0v) is 14.4. The Morgan fingerprint density at radius 2 is 2.27 bits per heavy atom. The second-order valence-electron chi connectivity index (χ2n) is 6.16. The molecule has 134 valence electrons. The fourth-order valence-corrected chi connectivity index (χ4v) is 2.86. The van der Waals surface area contributed by atoms with Crippen molar-refractivity contribution in [2.45, 2.75) is 25.5 Å². The quantitative estimate of drug-likeness (QED) is 0.706. The fraction of sp³-hybridized carbons (Fsp3) is 0.316. The summed E-state index contributed by atoms with van der Waals surface area (Å²) in [5, 5.41) is 7.46. The molecule has 26 heavy (non-hydrogen) atoms. The minimum absolute atomic E-state index is 0.220. The normalized spacial score (nSPS) is 16.5. The number of benzene rings is 1. The van der Waals surface area contributed by atoms with Crippen LogP contribution in [0.3, 0.4) is 0 Å². The minimum atomic E-state index is 0.220. The standard InChI is InChI=1S/C19H21N5O2/c1-4-15(10-16(5-1)26-14-17-6-2-9-25-17)11-21-18-12-20-13-19(23-18)24-8-3-7-22-24/h1,3-5,7-8,10,12-13,17H,2,6,9,11,14H2,(H,21,23). The molecular weight excluding hydrogens is 330 g/mol. The van der Waals surface area contributed by atoms with Gasteiger partial charge in [0.25, 0.3) is 0 Å². The van der Waals surface area contributed by atoms with E-state index >= 15 is 0 Å². The van der Waals surface area contributed by atoms with Gasteiger partial charge in [-0.2, -0.15) is 5.10 Å². The van der Waals surface area contributed by atoms with Crippen molar-refractivity contribution in [3.05, 3.63) is 60.7 Å². The smallest absolute Gasteiger partial charge is 0.173 e. The highest BCUT2D eigenvalue weighted by Crippen LogP contribution is 2.18. The molecule has 0 bridgehead atoms. The molecule has 3 heterocycles. The van der Waals surface area contributed by atoms with Crippen molar-refractivity contribution in [1.29, 1.82) is 0 Å². The molecule has 1 aliphatic heterocycles. The number of ether oxygens (including phenoxy) is 2. The molecular formula is C19H21N5O2. The van der Waals surface area contributed by atoms with Crippen molar-refractivity contribution in [2.75, 3.05) is 18.5 Å². The monoisotopic (exact) mass is 351 g/mol. The average molecular weight is 351 g/mol. The molecule has 0 amide bonds. The maximum absolute atomic E-state index is 5.86. The predicted octanol–water partition coefficient (Wildman–Crippen LogP) is 2.83. The number of nitrogens with zero attached hydrogens (tertiary/aromatic N) is 4. The van der Waals surface area contributed by atoms with Crippen LogP contribution in [-0.4, -0.2) is 39.1 Å². The fourth-order valence-electron chi connectivity index (χ4n) is 2.86. The first-order chi connectivity index (χ1) is 12.9. The summed E-state index contributed by atoms with van der Waals surface area (Å²) in [7, 11) is 0. The van der Waals surface area contributed by atoms with E-state index in [0.29, 0.717) is 24.8 Å². The number of hydrogen-bond acceptors (Lipinski definition) is 6. The SMILES string of the molecule is c1cc(CNc2cncc(-n3cccn3)n2)cc(OCC2CCCO2)c1. The Balaban J connectivity index is 1.35. The van der Waals surface area contributed by atoms with Crippen molar-refractivity contribution in [1.82, 2.24) is 19.7 Å². The van der Waals surface area contributed by atoms with Crippen LogP contribution < -0.4 is 10.1 Å². The average Bonchev–Trinajstić information content (AvgIpc) is 3.39. The zero-order valence-electron chi connectivity index (χ0n) is 14.4. The van der Waals surface area contributed by atoms with Gasteiger partial charge in [-0.1, -0.05) is 12.1 Å². The van der Waals surface area contributed by atoms with Gasteiger partial charge in [0.15, 0.2) is 5.82 Å². The summed E-state index contributed by atoms with van der Waals surface area (Å²) < 4.78 is 13.1. The highest BCUT2D eigenvalue weighted by molar-refractivity contribution is 5.38. The number of anilines is 1. The summed E-state index contributed by atoms with van der Waals surface area (Å²) in [6, 6.07) is 9.90. The third-order valence-electron chi connectivity index (χ3n) is 4.19. The molecule has 3 aromatic rings. The van der Waals surface area contributed by atoms with Crippen LogP contribution in [0.2, 0.25) is 0 Å². The van der Waals surface area contributed by atoms with Gasteiger partial charge in [0.1, 0.15) is 18.2 Å². The van der Waals surface area contributed by atoms with Crippen molar-refractivity contribution < 1.29 is 9.47 Å². The maximum Gasteiger partial charge on any atom is 0.173 e. The van der Waals surface area contributed by atoms with Crippen LogP contribution in [0.25, 0.3) is 5.82 Å². The third kappa shape index (κ3) is 4.18. The zero-order chi connectivity index (χ0) is 17.6. The summed E-state index contributed by atoms with van der Waals surface area (Å²) in [6.07, 6.45) is 9.34. The maximum atomic E-state index is 5.86. The van der Waals surface area contributed by atoms with Crippen LogP contribution in [0.1, 0.15) is 18.4 Å². The molecule has 0 spiro atoms. The second kappa shape index (κ2) is 7.97. The van der Waals surface area contributed by atoms with E-state index in [2.05, 4.69) is 26.4 Å². The van der Waals surface area contributed by atoms with E-state index in [-0.39, 0.29) is 6.10 Å². The molecule has 1 aromatic carbocycles. The Kier molecular flexibility index (Phi) is 5.07. The van der Waals surface area contributed by atoms with Gasteiger partial charge in [0, 0.05) is 25.5 Å². The van der Waals surface area contributed by atoms with E-state index in [0.717, 1.165) is 30.8 Å². The van der Waals surface area contributed by atoms with Gasteiger partial charge in [-0.3, -0.25) is 4.98 Å². The van der Waals surface area contributed by atoms with Gasteiger partial charge < -0.3 is 14.8 Å². The van der Waals surface area contributed by atoms with Gasteiger partial charge >= 0.3 is 0 Å². The topological polar surface area (TPSA) is 74.1 Å². The lowest BCUT2D eigenvalue weighted by Gasteiger charge is -2.12. The predicted molar refractivity (Wildman–Crippen MR) is 97.4 cm³/mol. The van der Waals surface area contributed by atoms with E-state index in [1.807, 2.05) is 30.5 Å². The first kappa shape index (κ1) is 16.5. The highest BCUT2D eigenvalue weighted by Gasteiger charge is 2.15. The van der Waals surface area contributed by atoms with Crippen LogP contribution in [0.15, 0.2) is 55.1 Å². The molecule has 1 saturated heterocycles. The molecule has 1 fully saturated rings. The van der Waals surface area contributed by atoms with Crippen LogP contribution in [0.4, 0.5) is 5.82 Å². The first-order valence-corrected chi connectivity index (χ1v) is 8.76.